The second kappa shape index (κ2) is 9.28. The second-order valence-corrected chi connectivity index (χ2v) is 9.18. The molecular weight excluding hydrogens is 483 g/mol. The average molecular weight is 500 g/mol. The predicted molar refractivity (Wildman–Crippen MR) is 119 cm³/mol. The standard InChI is InChI=1S/C21H17ClF3N3O4S/c1-14(26-17-3-2-4-19(13-17)28(29)30)27(18-9-5-15(6-10-18)21(23,24)25)33(31,32)20-11-7-16(22)8-12-20/h2-14,26H,1H3. The van der Waals surface area contributed by atoms with Gasteiger partial charge >= 0.3 is 6.18 Å². The van der Waals surface area contributed by atoms with E-state index in [4.69, 9.17) is 11.6 Å². The van der Waals surface area contributed by atoms with Gasteiger partial charge in [0.1, 0.15) is 6.17 Å². The van der Waals surface area contributed by atoms with Gasteiger partial charge in [0.15, 0.2) is 0 Å². The van der Waals surface area contributed by atoms with Gasteiger partial charge in [-0.05, 0) is 61.5 Å². The molecule has 0 fully saturated rings. The Labute approximate surface area is 192 Å². The summed E-state index contributed by atoms with van der Waals surface area (Å²) in [5.74, 6) is 0. The first-order chi connectivity index (χ1) is 15.4. The van der Waals surface area contributed by atoms with Gasteiger partial charge in [-0.15, -0.1) is 0 Å². The number of non-ortho nitro benzene ring substituents is 1. The molecule has 7 nitrogen and oxygen atoms in total. The van der Waals surface area contributed by atoms with E-state index in [0.717, 1.165) is 28.6 Å². The quantitative estimate of drug-likeness (QED) is 0.247. The lowest BCUT2D eigenvalue weighted by Gasteiger charge is -2.31. The molecular formula is C21H17ClF3N3O4S. The number of hydrogen-bond acceptors (Lipinski definition) is 5. The molecule has 3 aromatic carbocycles. The molecule has 0 heterocycles. The summed E-state index contributed by atoms with van der Waals surface area (Å²) in [4.78, 5) is 10.3. The number of rotatable bonds is 7. The Bertz CT molecular complexity index is 1250. The van der Waals surface area contributed by atoms with Crippen molar-refractivity contribution >= 4 is 38.7 Å². The molecule has 0 spiro atoms. The van der Waals surface area contributed by atoms with Gasteiger partial charge in [0.25, 0.3) is 15.7 Å². The molecule has 0 aromatic heterocycles. The van der Waals surface area contributed by atoms with Crippen LogP contribution in [0, 0.1) is 10.1 Å². The SMILES string of the molecule is CC(Nc1cccc([N+](=O)[O-])c1)N(c1ccc(C(F)(F)F)cc1)S(=O)(=O)c1ccc(Cl)cc1. The van der Waals surface area contributed by atoms with E-state index in [2.05, 4.69) is 5.32 Å². The van der Waals surface area contributed by atoms with E-state index in [-0.39, 0.29) is 22.0 Å². The van der Waals surface area contributed by atoms with Gasteiger partial charge in [-0.3, -0.25) is 10.1 Å². The minimum atomic E-state index is -4.59. The number of halogens is 4. The molecule has 0 aliphatic carbocycles. The summed E-state index contributed by atoms with van der Waals surface area (Å²) in [6.07, 6.45) is -5.63. The van der Waals surface area contributed by atoms with Gasteiger partial charge < -0.3 is 5.32 Å². The number of nitrogens with zero attached hydrogens (tertiary/aromatic N) is 2. The summed E-state index contributed by atoms with van der Waals surface area (Å²) < 4.78 is 66.8. The zero-order valence-electron chi connectivity index (χ0n) is 17.0. The molecule has 0 saturated heterocycles. The maximum absolute atomic E-state index is 13.4. The minimum absolute atomic E-state index is 0.0385. The Hall–Kier alpha value is -3.31. The normalized spacial score (nSPS) is 12.8. The fourth-order valence-electron chi connectivity index (χ4n) is 3.10. The Morgan fingerprint density at radius 3 is 2.18 bits per heavy atom. The van der Waals surface area contributed by atoms with Crippen molar-refractivity contribution in [3.63, 3.8) is 0 Å². The van der Waals surface area contributed by atoms with Crippen LogP contribution in [0.15, 0.2) is 77.7 Å². The monoisotopic (exact) mass is 499 g/mol. The highest BCUT2D eigenvalue weighted by molar-refractivity contribution is 7.92. The third kappa shape index (κ3) is 5.55. The molecule has 1 N–H and O–H groups in total. The number of benzene rings is 3. The number of anilines is 2. The summed E-state index contributed by atoms with van der Waals surface area (Å²) in [6, 6.07) is 14.3. The van der Waals surface area contributed by atoms with Crippen LogP contribution in [-0.4, -0.2) is 19.5 Å². The lowest BCUT2D eigenvalue weighted by Crippen LogP contribution is -2.43. The number of alkyl halides is 3. The van der Waals surface area contributed by atoms with E-state index >= 15 is 0 Å². The number of nitro groups is 1. The Kier molecular flexibility index (Phi) is 6.84. The van der Waals surface area contributed by atoms with Crippen molar-refractivity contribution in [2.45, 2.75) is 24.2 Å². The molecule has 1 unspecified atom stereocenters. The van der Waals surface area contributed by atoms with E-state index in [9.17, 15) is 31.7 Å². The van der Waals surface area contributed by atoms with E-state index in [1.165, 1.54) is 55.5 Å². The number of sulfonamides is 1. The fraction of sp³-hybridized carbons (Fsp3) is 0.143. The lowest BCUT2D eigenvalue weighted by molar-refractivity contribution is -0.384. The molecule has 3 aromatic rings. The largest absolute Gasteiger partial charge is 0.416 e. The highest BCUT2D eigenvalue weighted by atomic mass is 35.5. The third-order valence-electron chi connectivity index (χ3n) is 4.60. The van der Waals surface area contributed by atoms with Gasteiger partial charge in [-0.2, -0.15) is 13.2 Å². The minimum Gasteiger partial charge on any atom is -0.364 e. The van der Waals surface area contributed by atoms with Crippen LogP contribution >= 0.6 is 11.6 Å². The Balaban J connectivity index is 2.05. The molecule has 0 bridgehead atoms. The van der Waals surface area contributed by atoms with Crippen molar-refractivity contribution < 1.29 is 26.5 Å². The van der Waals surface area contributed by atoms with Crippen LogP contribution in [0.5, 0.6) is 0 Å². The molecule has 0 radical (unpaired) electrons. The molecule has 0 amide bonds. The number of hydrogen-bond donors (Lipinski definition) is 1. The molecule has 174 valence electrons. The zero-order valence-corrected chi connectivity index (χ0v) is 18.5. The van der Waals surface area contributed by atoms with Crippen LogP contribution in [0.2, 0.25) is 5.02 Å². The van der Waals surface area contributed by atoms with Gasteiger partial charge in [0, 0.05) is 22.8 Å². The summed E-state index contributed by atoms with van der Waals surface area (Å²) in [6.45, 7) is 1.46. The van der Waals surface area contributed by atoms with Gasteiger partial charge in [0.2, 0.25) is 0 Å². The third-order valence-corrected chi connectivity index (χ3v) is 6.77. The van der Waals surface area contributed by atoms with Gasteiger partial charge in [-0.25, -0.2) is 12.7 Å². The van der Waals surface area contributed by atoms with Crippen molar-refractivity contribution in [3.05, 3.63) is 93.5 Å². The van der Waals surface area contributed by atoms with Crippen molar-refractivity contribution in [1.82, 2.24) is 0 Å². The van der Waals surface area contributed by atoms with Crippen molar-refractivity contribution in [3.8, 4) is 0 Å². The first kappa shape index (κ1) is 24.3. The van der Waals surface area contributed by atoms with Crippen LogP contribution in [0.25, 0.3) is 0 Å². The zero-order chi connectivity index (χ0) is 24.4. The lowest BCUT2D eigenvalue weighted by atomic mass is 10.2. The number of nitro benzene ring substituents is 1. The molecule has 0 aliphatic heterocycles. The van der Waals surface area contributed by atoms with Crippen LogP contribution in [0.1, 0.15) is 12.5 Å². The first-order valence-corrected chi connectivity index (χ1v) is 11.2. The molecule has 0 saturated carbocycles. The Morgan fingerprint density at radius 2 is 1.64 bits per heavy atom. The average Bonchev–Trinajstić information content (AvgIpc) is 2.74. The molecule has 12 heteroatoms. The highest BCUT2D eigenvalue weighted by Crippen LogP contribution is 2.33. The summed E-state index contributed by atoms with van der Waals surface area (Å²) >= 11 is 5.85. The molecule has 0 aliphatic rings. The van der Waals surface area contributed by atoms with Crippen LogP contribution in [0.3, 0.4) is 0 Å². The number of nitrogens with one attached hydrogen (secondary N) is 1. The second-order valence-electron chi connectivity index (χ2n) is 6.93. The first-order valence-electron chi connectivity index (χ1n) is 9.38. The highest BCUT2D eigenvalue weighted by Gasteiger charge is 2.33. The smallest absolute Gasteiger partial charge is 0.364 e. The van der Waals surface area contributed by atoms with Crippen LogP contribution < -0.4 is 9.62 Å². The summed E-state index contributed by atoms with van der Waals surface area (Å²) in [5.41, 5.74) is -0.938. The van der Waals surface area contributed by atoms with E-state index in [1.54, 1.807) is 0 Å². The maximum Gasteiger partial charge on any atom is 0.416 e. The van der Waals surface area contributed by atoms with Crippen molar-refractivity contribution in [2.75, 3.05) is 9.62 Å². The van der Waals surface area contributed by atoms with E-state index in [1.807, 2.05) is 0 Å². The maximum atomic E-state index is 13.4. The van der Waals surface area contributed by atoms with Crippen molar-refractivity contribution in [1.29, 1.82) is 0 Å². The van der Waals surface area contributed by atoms with E-state index in [0.29, 0.717) is 5.02 Å². The van der Waals surface area contributed by atoms with Gasteiger partial charge in [-0.1, -0.05) is 17.7 Å². The fourth-order valence-corrected chi connectivity index (χ4v) is 4.80. The molecule has 1 atom stereocenters. The molecule has 33 heavy (non-hydrogen) atoms. The van der Waals surface area contributed by atoms with Gasteiger partial charge in [0.05, 0.1) is 21.1 Å². The van der Waals surface area contributed by atoms with E-state index < -0.39 is 32.9 Å². The summed E-state index contributed by atoms with van der Waals surface area (Å²) in [7, 11) is -4.27. The summed E-state index contributed by atoms with van der Waals surface area (Å²) in [5, 5.41) is 14.2. The van der Waals surface area contributed by atoms with Crippen LogP contribution in [0.4, 0.5) is 30.2 Å². The molecule has 3 rings (SSSR count). The van der Waals surface area contributed by atoms with Crippen LogP contribution in [-0.2, 0) is 16.2 Å². The predicted octanol–water partition coefficient (Wildman–Crippen LogP) is 5.92. The van der Waals surface area contributed by atoms with Crippen molar-refractivity contribution in [2.24, 2.45) is 0 Å². The Morgan fingerprint density at radius 1 is 1.03 bits per heavy atom. The topological polar surface area (TPSA) is 92.6 Å².